The maximum absolute atomic E-state index is 12.2. The van der Waals surface area contributed by atoms with Crippen LogP contribution in [0, 0.1) is 6.92 Å². The average Bonchev–Trinajstić information content (AvgIpc) is 2.42. The van der Waals surface area contributed by atoms with E-state index in [2.05, 4.69) is 4.72 Å². The van der Waals surface area contributed by atoms with Crippen molar-refractivity contribution in [3.05, 3.63) is 59.7 Å². The summed E-state index contributed by atoms with van der Waals surface area (Å²) < 4.78 is 27.0. The third-order valence-corrected chi connectivity index (χ3v) is 4.22. The van der Waals surface area contributed by atoms with Crippen molar-refractivity contribution in [3.63, 3.8) is 0 Å². The van der Waals surface area contributed by atoms with Gasteiger partial charge in [-0.3, -0.25) is 4.72 Å². The van der Waals surface area contributed by atoms with Crippen LogP contribution in [0.4, 0.5) is 5.69 Å². The lowest BCUT2D eigenvalue weighted by atomic mass is 10.1. The second-order valence-corrected chi connectivity index (χ2v) is 5.95. The van der Waals surface area contributed by atoms with Gasteiger partial charge in [0.1, 0.15) is 0 Å². The summed E-state index contributed by atoms with van der Waals surface area (Å²) in [5, 5.41) is 0. The first-order valence-electron chi connectivity index (χ1n) is 5.90. The topological polar surface area (TPSA) is 72.2 Å². The molecule has 4 nitrogen and oxygen atoms in total. The van der Waals surface area contributed by atoms with Gasteiger partial charge in [0.15, 0.2) is 0 Å². The van der Waals surface area contributed by atoms with Gasteiger partial charge in [0.05, 0.1) is 10.6 Å². The molecule has 5 heteroatoms. The molecular formula is C14H16N2O2S. The van der Waals surface area contributed by atoms with Crippen molar-refractivity contribution in [2.24, 2.45) is 5.73 Å². The Labute approximate surface area is 113 Å². The standard InChI is InChI=1S/C14H16N2O2S/c1-11-7-8-12(10-15)9-14(11)16-19(17,18)13-5-3-2-4-6-13/h2-9,16H,10,15H2,1H3. The number of anilines is 1. The molecule has 2 aromatic carbocycles. The van der Waals surface area contributed by atoms with Gasteiger partial charge in [-0.2, -0.15) is 0 Å². The zero-order valence-corrected chi connectivity index (χ0v) is 11.4. The van der Waals surface area contributed by atoms with E-state index >= 15 is 0 Å². The number of aryl methyl sites for hydroxylation is 1. The minimum atomic E-state index is -3.55. The lowest BCUT2D eigenvalue weighted by Crippen LogP contribution is -2.14. The second kappa shape index (κ2) is 5.42. The van der Waals surface area contributed by atoms with Crippen molar-refractivity contribution < 1.29 is 8.42 Å². The number of rotatable bonds is 4. The fraction of sp³-hybridized carbons (Fsp3) is 0.143. The third-order valence-electron chi connectivity index (χ3n) is 2.84. The van der Waals surface area contributed by atoms with Crippen LogP contribution in [0.3, 0.4) is 0 Å². The lowest BCUT2D eigenvalue weighted by Gasteiger charge is -2.11. The summed E-state index contributed by atoms with van der Waals surface area (Å²) in [5.41, 5.74) is 7.87. The van der Waals surface area contributed by atoms with Crippen LogP contribution in [0.2, 0.25) is 0 Å². The Bertz CT molecular complexity index is 667. The highest BCUT2D eigenvalue weighted by molar-refractivity contribution is 7.92. The van der Waals surface area contributed by atoms with Gasteiger partial charge in [-0.25, -0.2) is 8.42 Å². The molecule has 0 aromatic heterocycles. The first-order valence-corrected chi connectivity index (χ1v) is 7.39. The van der Waals surface area contributed by atoms with Crippen LogP contribution in [-0.4, -0.2) is 8.42 Å². The molecule has 0 aliphatic heterocycles. The number of nitrogens with two attached hydrogens (primary N) is 1. The fourth-order valence-electron chi connectivity index (χ4n) is 1.71. The van der Waals surface area contributed by atoms with E-state index < -0.39 is 10.0 Å². The van der Waals surface area contributed by atoms with Crippen molar-refractivity contribution in [3.8, 4) is 0 Å². The van der Waals surface area contributed by atoms with Gasteiger partial charge in [-0.1, -0.05) is 30.3 Å². The second-order valence-electron chi connectivity index (χ2n) is 4.27. The number of benzene rings is 2. The highest BCUT2D eigenvalue weighted by Crippen LogP contribution is 2.21. The summed E-state index contributed by atoms with van der Waals surface area (Å²) in [6.07, 6.45) is 0. The molecule has 100 valence electrons. The van der Waals surface area contributed by atoms with Gasteiger partial charge in [0.2, 0.25) is 0 Å². The minimum Gasteiger partial charge on any atom is -0.326 e. The van der Waals surface area contributed by atoms with Crippen molar-refractivity contribution in [1.29, 1.82) is 0 Å². The maximum atomic E-state index is 12.2. The maximum Gasteiger partial charge on any atom is 0.261 e. The van der Waals surface area contributed by atoms with Gasteiger partial charge in [0, 0.05) is 6.54 Å². The molecule has 0 atom stereocenters. The summed E-state index contributed by atoms with van der Waals surface area (Å²) >= 11 is 0. The molecule has 0 fully saturated rings. The summed E-state index contributed by atoms with van der Waals surface area (Å²) in [6.45, 7) is 2.23. The minimum absolute atomic E-state index is 0.243. The van der Waals surface area contributed by atoms with E-state index in [1.54, 1.807) is 36.4 Å². The van der Waals surface area contributed by atoms with Crippen LogP contribution >= 0.6 is 0 Å². The van der Waals surface area contributed by atoms with E-state index in [0.29, 0.717) is 12.2 Å². The van der Waals surface area contributed by atoms with Crippen molar-refractivity contribution in [1.82, 2.24) is 0 Å². The van der Waals surface area contributed by atoms with Crippen LogP contribution in [0.15, 0.2) is 53.4 Å². The van der Waals surface area contributed by atoms with Crippen LogP contribution in [0.1, 0.15) is 11.1 Å². The fourth-order valence-corrected chi connectivity index (χ4v) is 2.85. The molecular weight excluding hydrogens is 260 g/mol. The molecule has 0 heterocycles. The van der Waals surface area contributed by atoms with Crippen molar-refractivity contribution in [2.45, 2.75) is 18.4 Å². The predicted molar refractivity (Wildman–Crippen MR) is 76.3 cm³/mol. The Morgan fingerprint density at radius 1 is 1.11 bits per heavy atom. The molecule has 0 aliphatic rings. The van der Waals surface area contributed by atoms with E-state index in [9.17, 15) is 8.42 Å². The molecule has 2 rings (SSSR count). The normalized spacial score (nSPS) is 11.3. The number of hydrogen-bond acceptors (Lipinski definition) is 3. The zero-order valence-electron chi connectivity index (χ0n) is 10.6. The van der Waals surface area contributed by atoms with Crippen LogP contribution in [0.25, 0.3) is 0 Å². The van der Waals surface area contributed by atoms with Gasteiger partial charge < -0.3 is 5.73 Å². The summed E-state index contributed by atoms with van der Waals surface area (Å²) in [7, 11) is -3.55. The van der Waals surface area contributed by atoms with Gasteiger partial charge in [-0.05, 0) is 36.2 Å². The van der Waals surface area contributed by atoms with E-state index in [4.69, 9.17) is 5.73 Å². The molecule has 0 bridgehead atoms. The highest BCUT2D eigenvalue weighted by atomic mass is 32.2. The predicted octanol–water partition coefficient (Wildman–Crippen LogP) is 2.25. The molecule has 0 amide bonds. The number of nitrogens with one attached hydrogen (secondary N) is 1. The lowest BCUT2D eigenvalue weighted by molar-refractivity contribution is 0.601. The smallest absolute Gasteiger partial charge is 0.261 e. The van der Waals surface area contributed by atoms with Crippen LogP contribution in [-0.2, 0) is 16.6 Å². The van der Waals surface area contributed by atoms with Crippen LogP contribution < -0.4 is 10.5 Å². The van der Waals surface area contributed by atoms with Gasteiger partial charge >= 0.3 is 0 Å². The van der Waals surface area contributed by atoms with Crippen molar-refractivity contribution >= 4 is 15.7 Å². The highest BCUT2D eigenvalue weighted by Gasteiger charge is 2.14. The van der Waals surface area contributed by atoms with Gasteiger partial charge in [0.25, 0.3) is 10.0 Å². The molecule has 0 saturated heterocycles. The summed E-state index contributed by atoms with van der Waals surface area (Å²) in [6, 6.07) is 13.8. The monoisotopic (exact) mass is 276 g/mol. The van der Waals surface area contributed by atoms with E-state index in [-0.39, 0.29) is 4.90 Å². The zero-order chi connectivity index (χ0) is 13.9. The number of sulfonamides is 1. The Kier molecular flexibility index (Phi) is 3.87. The molecule has 19 heavy (non-hydrogen) atoms. The van der Waals surface area contributed by atoms with E-state index in [1.807, 2.05) is 19.1 Å². The molecule has 0 radical (unpaired) electrons. The molecule has 0 spiro atoms. The third kappa shape index (κ3) is 3.13. The molecule has 2 aromatic rings. The van der Waals surface area contributed by atoms with Crippen molar-refractivity contribution in [2.75, 3.05) is 4.72 Å². The molecule has 0 unspecified atom stereocenters. The first kappa shape index (κ1) is 13.6. The van der Waals surface area contributed by atoms with Gasteiger partial charge in [-0.15, -0.1) is 0 Å². The largest absolute Gasteiger partial charge is 0.326 e. The Hall–Kier alpha value is -1.85. The molecule has 0 aliphatic carbocycles. The van der Waals surface area contributed by atoms with E-state index in [1.165, 1.54) is 0 Å². The molecule has 0 saturated carbocycles. The summed E-state index contributed by atoms with van der Waals surface area (Å²) in [5.74, 6) is 0. The molecule has 3 N–H and O–H groups in total. The van der Waals surface area contributed by atoms with Crippen LogP contribution in [0.5, 0.6) is 0 Å². The quantitative estimate of drug-likeness (QED) is 0.899. The SMILES string of the molecule is Cc1ccc(CN)cc1NS(=O)(=O)c1ccccc1. The van der Waals surface area contributed by atoms with E-state index in [0.717, 1.165) is 11.1 Å². The first-order chi connectivity index (χ1) is 9.03. The Morgan fingerprint density at radius 2 is 1.79 bits per heavy atom. The average molecular weight is 276 g/mol. The Morgan fingerprint density at radius 3 is 2.42 bits per heavy atom. The number of hydrogen-bond donors (Lipinski definition) is 2. The summed E-state index contributed by atoms with van der Waals surface area (Å²) in [4.78, 5) is 0.243. The Balaban J connectivity index is 2.36.